The van der Waals surface area contributed by atoms with Gasteiger partial charge in [-0.3, -0.25) is 0 Å². The number of hydrogen-bond acceptors (Lipinski definition) is 0. The van der Waals surface area contributed by atoms with E-state index in [4.69, 9.17) is 0 Å². The van der Waals surface area contributed by atoms with E-state index < -0.39 is 0 Å². The molecule has 0 nitrogen and oxygen atoms in total. The van der Waals surface area contributed by atoms with Crippen molar-refractivity contribution in [3.63, 3.8) is 0 Å². The van der Waals surface area contributed by atoms with E-state index in [1.54, 1.807) is 0 Å². The van der Waals surface area contributed by atoms with Crippen molar-refractivity contribution in [1.29, 1.82) is 0 Å². The summed E-state index contributed by atoms with van der Waals surface area (Å²) in [6, 6.07) is 0. The second-order valence-electron chi connectivity index (χ2n) is 2.58. The minimum absolute atomic E-state index is 0.581. The first-order valence-corrected chi connectivity index (χ1v) is 3.73. The highest BCUT2D eigenvalue weighted by Crippen LogP contribution is 2.32. The van der Waals surface area contributed by atoms with Crippen LogP contribution in [0.25, 0.3) is 0 Å². The van der Waals surface area contributed by atoms with Crippen LogP contribution in [0, 0.1) is 35.5 Å². The first kappa shape index (κ1) is 7.23. The average molecular weight is 132 g/mol. The fraction of sp³-hybridized carbons (Fsp3) is 0.600. The molecule has 1 saturated carbocycles. The van der Waals surface area contributed by atoms with Crippen LogP contribution in [0.3, 0.4) is 0 Å². The molecular weight excluding hydrogens is 120 g/mol. The summed E-state index contributed by atoms with van der Waals surface area (Å²) in [6.45, 7) is 3.80. The molecule has 1 fully saturated rings. The molecular formula is C10H12. The van der Waals surface area contributed by atoms with Gasteiger partial charge in [-0.1, -0.05) is 11.8 Å². The van der Waals surface area contributed by atoms with E-state index in [9.17, 15) is 0 Å². The molecule has 0 bridgehead atoms. The smallest absolute Gasteiger partial charge is 0.0340 e. The predicted molar refractivity (Wildman–Crippen MR) is 43.1 cm³/mol. The molecule has 0 N–H and O–H groups in total. The lowest BCUT2D eigenvalue weighted by Gasteiger charge is -2.28. The topological polar surface area (TPSA) is 0 Å². The molecule has 52 valence electrons. The summed E-state index contributed by atoms with van der Waals surface area (Å²) in [4.78, 5) is 0. The average Bonchev–Trinajstić information content (AvgIpc) is 1.93. The number of hydrogen-bond donors (Lipinski definition) is 0. The Morgan fingerprint density at radius 2 is 1.30 bits per heavy atom. The van der Waals surface area contributed by atoms with Crippen molar-refractivity contribution in [3.05, 3.63) is 0 Å². The lowest BCUT2D eigenvalue weighted by Crippen LogP contribution is -2.22. The molecule has 0 aromatic heterocycles. The van der Waals surface area contributed by atoms with Gasteiger partial charge in [0.05, 0.1) is 0 Å². The third-order valence-corrected chi connectivity index (χ3v) is 1.93. The summed E-state index contributed by atoms with van der Waals surface area (Å²) in [5.74, 6) is 13.4. The molecule has 0 unspecified atom stereocenters. The SMILES string of the molecule is CC#C[C@@H]1CC[C@@H]1C#CC. The van der Waals surface area contributed by atoms with E-state index in [-0.39, 0.29) is 0 Å². The zero-order valence-corrected chi connectivity index (χ0v) is 6.57. The van der Waals surface area contributed by atoms with Gasteiger partial charge in [0.1, 0.15) is 0 Å². The molecule has 1 rings (SSSR count). The lowest BCUT2D eigenvalue weighted by atomic mass is 9.74. The Labute approximate surface area is 63.0 Å². The monoisotopic (exact) mass is 132 g/mol. The fourth-order valence-electron chi connectivity index (χ4n) is 1.22. The highest BCUT2D eigenvalue weighted by molar-refractivity contribution is 5.16. The van der Waals surface area contributed by atoms with Crippen molar-refractivity contribution < 1.29 is 0 Å². The van der Waals surface area contributed by atoms with Gasteiger partial charge in [0.25, 0.3) is 0 Å². The first-order chi connectivity index (χ1) is 4.88. The Morgan fingerprint density at radius 3 is 1.50 bits per heavy atom. The van der Waals surface area contributed by atoms with Crippen molar-refractivity contribution in [3.8, 4) is 23.7 Å². The molecule has 0 aromatic carbocycles. The van der Waals surface area contributed by atoms with Crippen molar-refractivity contribution in [1.82, 2.24) is 0 Å². The van der Waals surface area contributed by atoms with Crippen LogP contribution in [0.2, 0.25) is 0 Å². The van der Waals surface area contributed by atoms with Gasteiger partial charge in [-0.15, -0.1) is 11.8 Å². The van der Waals surface area contributed by atoms with Gasteiger partial charge in [0.2, 0.25) is 0 Å². The predicted octanol–water partition coefficient (Wildman–Crippen LogP) is 2.06. The lowest BCUT2D eigenvalue weighted by molar-refractivity contribution is 0.309. The largest absolute Gasteiger partial charge is 0.106 e. The zero-order valence-electron chi connectivity index (χ0n) is 6.57. The van der Waals surface area contributed by atoms with Gasteiger partial charge in [-0.05, 0) is 26.7 Å². The van der Waals surface area contributed by atoms with Gasteiger partial charge in [0.15, 0.2) is 0 Å². The molecule has 0 heteroatoms. The fourth-order valence-corrected chi connectivity index (χ4v) is 1.22. The van der Waals surface area contributed by atoms with Crippen LogP contribution in [0.5, 0.6) is 0 Å². The molecule has 10 heavy (non-hydrogen) atoms. The minimum atomic E-state index is 0.581. The maximum absolute atomic E-state index is 3.16. The van der Waals surface area contributed by atoms with E-state index in [0.29, 0.717) is 11.8 Å². The summed E-state index contributed by atoms with van der Waals surface area (Å²) in [7, 11) is 0. The summed E-state index contributed by atoms with van der Waals surface area (Å²) in [6.07, 6.45) is 2.50. The molecule has 0 heterocycles. The van der Waals surface area contributed by atoms with Crippen LogP contribution in [0.1, 0.15) is 26.7 Å². The minimum Gasteiger partial charge on any atom is -0.106 e. The van der Waals surface area contributed by atoms with E-state index in [1.165, 1.54) is 12.8 Å². The molecule has 0 saturated heterocycles. The summed E-state index contributed by atoms with van der Waals surface area (Å²) in [5, 5.41) is 0. The summed E-state index contributed by atoms with van der Waals surface area (Å²) < 4.78 is 0. The molecule has 1 aliphatic carbocycles. The van der Waals surface area contributed by atoms with Gasteiger partial charge in [0, 0.05) is 11.8 Å². The Morgan fingerprint density at radius 1 is 0.900 bits per heavy atom. The molecule has 0 aliphatic heterocycles. The van der Waals surface area contributed by atoms with Crippen LogP contribution >= 0.6 is 0 Å². The van der Waals surface area contributed by atoms with E-state index >= 15 is 0 Å². The third kappa shape index (κ3) is 1.34. The maximum atomic E-state index is 3.16. The first-order valence-electron chi connectivity index (χ1n) is 3.73. The Hall–Kier alpha value is -0.880. The van der Waals surface area contributed by atoms with Crippen LogP contribution in [-0.2, 0) is 0 Å². The maximum Gasteiger partial charge on any atom is 0.0340 e. The van der Waals surface area contributed by atoms with Crippen LogP contribution < -0.4 is 0 Å². The Balaban J connectivity index is 2.46. The Kier molecular flexibility index (Phi) is 2.41. The van der Waals surface area contributed by atoms with Crippen LogP contribution in [0.4, 0.5) is 0 Å². The van der Waals surface area contributed by atoms with Gasteiger partial charge in [-0.2, -0.15) is 0 Å². The summed E-state index contributed by atoms with van der Waals surface area (Å²) in [5.41, 5.74) is 0. The quantitative estimate of drug-likeness (QED) is 0.442. The second-order valence-corrected chi connectivity index (χ2v) is 2.58. The highest BCUT2D eigenvalue weighted by Gasteiger charge is 2.26. The van der Waals surface area contributed by atoms with E-state index in [1.807, 2.05) is 13.8 Å². The van der Waals surface area contributed by atoms with Crippen LogP contribution in [-0.4, -0.2) is 0 Å². The van der Waals surface area contributed by atoms with Crippen LogP contribution in [0.15, 0.2) is 0 Å². The van der Waals surface area contributed by atoms with Gasteiger partial charge in [-0.25, -0.2) is 0 Å². The normalized spacial score (nSPS) is 28.6. The molecule has 2 atom stereocenters. The third-order valence-electron chi connectivity index (χ3n) is 1.93. The van der Waals surface area contributed by atoms with E-state index in [0.717, 1.165) is 0 Å². The van der Waals surface area contributed by atoms with Crippen molar-refractivity contribution >= 4 is 0 Å². The molecule has 0 amide bonds. The Bertz CT molecular complexity index is 190. The molecule has 0 radical (unpaired) electrons. The number of rotatable bonds is 0. The standard InChI is InChI=1S/C10H12/c1-3-5-9-7-8-10(9)6-4-2/h9-10H,7-8H2,1-2H3/t9-,10+. The molecule has 1 aliphatic rings. The highest BCUT2D eigenvalue weighted by atomic mass is 14.3. The molecule has 0 aromatic rings. The van der Waals surface area contributed by atoms with E-state index in [2.05, 4.69) is 23.7 Å². The van der Waals surface area contributed by atoms with Crippen molar-refractivity contribution in [2.75, 3.05) is 0 Å². The van der Waals surface area contributed by atoms with Gasteiger partial charge >= 0.3 is 0 Å². The van der Waals surface area contributed by atoms with Crippen molar-refractivity contribution in [2.45, 2.75) is 26.7 Å². The van der Waals surface area contributed by atoms with Crippen molar-refractivity contribution in [2.24, 2.45) is 11.8 Å². The zero-order chi connectivity index (χ0) is 7.40. The second kappa shape index (κ2) is 3.33. The molecule has 0 spiro atoms. The summed E-state index contributed by atoms with van der Waals surface area (Å²) >= 11 is 0. The van der Waals surface area contributed by atoms with Gasteiger partial charge < -0.3 is 0 Å².